The maximum absolute atomic E-state index is 12.2. The minimum atomic E-state index is -0.122. The molecule has 2 N–H and O–H groups in total. The van der Waals surface area contributed by atoms with E-state index >= 15 is 0 Å². The van der Waals surface area contributed by atoms with Crippen molar-refractivity contribution in [2.24, 2.45) is 5.92 Å². The molecule has 0 bridgehead atoms. The van der Waals surface area contributed by atoms with E-state index in [0.717, 1.165) is 36.5 Å². The van der Waals surface area contributed by atoms with Crippen LogP contribution in [0.15, 0.2) is 24.3 Å². The van der Waals surface area contributed by atoms with E-state index in [2.05, 4.69) is 30.5 Å². The van der Waals surface area contributed by atoms with Crippen molar-refractivity contribution < 1.29 is 4.79 Å². The van der Waals surface area contributed by atoms with Crippen LogP contribution < -0.4 is 10.6 Å². The van der Waals surface area contributed by atoms with Crippen molar-refractivity contribution in [1.82, 2.24) is 10.6 Å². The number of carbonyl (C=O) groups is 1. The first-order chi connectivity index (χ1) is 9.49. The third-order valence-corrected chi connectivity index (χ3v) is 4.21. The fraction of sp³-hybridized carbons (Fsp3) is 0.562. The number of rotatable bonds is 4. The molecule has 0 radical (unpaired) electrons. The van der Waals surface area contributed by atoms with Gasteiger partial charge in [0.1, 0.15) is 0 Å². The second kappa shape index (κ2) is 8.02. The zero-order chi connectivity index (χ0) is 14.6. The summed E-state index contributed by atoms with van der Waals surface area (Å²) in [4.78, 5) is 12.2. The topological polar surface area (TPSA) is 41.1 Å². The number of nitrogens with one attached hydrogen (secondary N) is 2. The van der Waals surface area contributed by atoms with E-state index in [-0.39, 0.29) is 29.6 Å². The van der Waals surface area contributed by atoms with Crippen LogP contribution in [0.4, 0.5) is 0 Å². The fourth-order valence-electron chi connectivity index (χ4n) is 2.54. The Kier molecular flexibility index (Phi) is 6.98. The Balaban J connectivity index is 0.00000220. The Hall–Kier alpha value is -0.770. The summed E-state index contributed by atoms with van der Waals surface area (Å²) in [5.74, 6) is 0.270. The van der Waals surface area contributed by atoms with Crippen LogP contribution in [0.1, 0.15) is 32.3 Å². The number of carbonyl (C=O) groups excluding carboxylic acids is 1. The minimum Gasteiger partial charge on any atom is -0.355 e. The summed E-state index contributed by atoms with van der Waals surface area (Å²) in [6, 6.07) is 7.84. The summed E-state index contributed by atoms with van der Waals surface area (Å²) >= 11 is 6.04. The third-order valence-electron chi connectivity index (χ3n) is 3.98. The normalized spacial score (nSPS) is 18.7. The lowest BCUT2D eigenvalue weighted by atomic mass is 9.84. The molecule has 1 fully saturated rings. The molecule has 1 atom stereocenters. The minimum absolute atomic E-state index is 0. The third kappa shape index (κ3) is 5.17. The van der Waals surface area contributed by atoms with Crippen molar-refractivity contribution in [1.29, 1.82) is 0 Å². The lowest BCUT2D eigenvalue weighted by molar-refractivity contribution is -0.125. The molecule has 1 aliphatic heterocycles. The highest BCUT2D eigenvalue weighted by molar-refractivity contribution is 6.30. The molecule has 5 heteroatoms. The number of hydrogen-bond acceptors (Lipinski definition) is 2. The van der Waals surface area contributed by atoms with E-state index in [4.69, 9.17) is 11.6 Å². The Labute approximate surface area is 138 Å². The Bertz CT molecular complexity index is 471. The van der Waals surface area contributed by atoms with Gasteiger partial charge in [-0.2, -0.15) is 0 Å². The van der Waals surface area contributed by atoms with Crippen LogP contribution in [0.3, 0.4) is 0 Å². The molecule has 21 heavy (non-hydrogen) atoms. The first-order valence-electron chi connectivity index (χ1n) is 7.23. The van der Waals surface area contributed by atoms with Crippen LogP contribution >= 0.6 is 24.0 Å². The van der Waals surface area contributed by atoms with Gasteiger partial charge in [0.25, 0.3) is 0 Å². The molecule has 1 aliphatic rings. The molecular formula is C16H24Cl2N2O. The average molecular weight is 331 g/mol. The molecule has 1 saturated heterocycles. The molecule has 1 aromatic rings. The largest absolute Gasteiger partial charge is 0.355 e. The molecular weight excluding hydrogens is 307 g/mol. The molecule has 1 heterocycles. The van der Waals surface area contributed by atoms with E-state index in [1.807, 2.05) is 18.2 Å². The van der Waals surface area contributed by atoms with E-state index in [0.29, 0.717) is 6.54 Å². The summed E-state index contributed by atoms with van der Waals surface area (Å²) < 4.78 is 0. The molecule has 0 aromatic heterocycles. The highest BCUT2D eigenvalue weighted by Crippen LogP contribution is 2.25. The second-order valence-electron chi connectivity index (χ2n) is 6.16. The summed E-state index contributed by atoms with van der Waals surface area (Å²) in [5, 5.41) is 7.10. The van der Waals surface area contributed by atoms with Gasteiger partial charge in [0.2, 0.25) is 5.91 Å². The summed E-state index contributed by atoms with van der Waals surface area (Å²) in [5.41, 5.74) is 1.02. The van der Waals surface area contributed by atoms with E-state index in [9.17, 15) is 4.79 Å². The molecule has 118 valence electrons. The van der Waals surface area contributed by atoms with Crippen LogP contribution in [0, 0.1) is 5.92 Å². The number of piperidine rings is 1. The van der Waals surface area contributed by atoms with Gasteiger partial charge in [0.15, 0.2) is 0 Å². The SMILES string of the molecule is CC(C)(CNC(=O)C1CCCNC1)c1cccc(Cl)c1.Cl. The van der Waals surface area contributed by atoms with Crippen LogP contribution in [-0.2, 0) is 10.2 Å². The highest BCUT2D eigenvalue weighted by Gasteiger charge is 2.25. The maximum Gasteiger partial charge on any atom is 0.224 e. The van der Waals surface area contributed by atoms with Gasteiger partial charge in [-0.1, -0.05) is 37.6 Å². The van der Waals surface area contributed by atoms with Gasteiger partial charge in [0, 0.05) is 23.5 Å². The molecule has 1 unspecified atom stereocenters. The average Bonchev–Trinajstić information content (AvgIpc) is 2.46. The fourth-order valence-corrected chi connectivity index (χ4v) is 2.73. The van der Waals surface area contributed by atoms with Crippen molar-refractivity contribution in [3.05, 3.63) is 34.9 Å². The molecule has 0 saturated carbocycles. The van der Waals surface area contributed by atoms with Crippen molar-refractivity contribution in [3.63, 3.8) is 0 Å². The van der Waals surface area contributed by atoms with Gasteiger partial charge >= 0.3 is 0 Å². The molecule has 0 aliphatic carbocycles. The summed E-state index contributed by atoms with van der Waals surface area (Å²) in [6.45, 7) is 6.69. The maximum atomic E-state index is 12.2. The van der Waals surface area contributed by atoms with E-state index in [1.165, 1.54) is 0 Å². The zero-order valence-electron chi connectivity index (χ0n) is 12.6. The predicted molar refractivity (Wildman–Crippen MR) is 90.3 cm³/mol. The van der Waals surface area contributed by atoms with Gasteiger partial charge in [-0.15, -0.1) is 12.4 Å². The van der Waals surface area contributed by atoms with Crippen molar-refractivity contribution in [2.75, 3.05) is 19.6 Å². The van der Waals surface area contributed by atoms with Crippen LogP contribution in [0.2, 0.25) is 5.02 Å². The molecule has 1 amide bonds. The Morgan fingerprint density at radius 2 is 2.24 bits per heavy atom. The van der Waals surface area contributed by atoms with Gasteiger partial charge in [-0.25, -0.2) is 0 Å². The summed E-state index contributed by atoms with van der Waals surface area (Å²) in [6.07, 6.45) is 2.06. The van der Waals surface area contributed by atoms with Crippen molar-refractivity contribution in [2.45, 2.75) is 32.1 Å². The lowest BCUT2D eigenvalue weighted by Crippen LogP contribution is -2.44. The molecule has 1 aromatic carbocycles. The molecule has 0 spiro atoms. The van der Waals surface area contributed by atoms with E-state index in [1.54, 1.807) is 0 Å². The zero-order valence-corrected chi connectivity index (χ0v) is 14.2. The van der Waals surface area contributed by atoms with Gasteiger partial charge in [-0.3, -0.25) is 4.79 Å². The van der Waals surface area contributed by atoms with Gasteiger partial charge < -0.3 is 10.6 Å². The van der Waals surface area contributed by atoms with Gasteiger partial charge in [0.05, 0.1) is 5.92 Å². The smallest absolute Gasteiger partial charge is 0.224 e. The van der Waals surface area contributed by atoms with Crippen LogP contribution in [0.5, 0.6) is 0 Å². The Morgan fingerprint density at radius 3 is 2.86 bits per heavy atom. The quantitative estimate of drug-likeness (QED) is 0.890. The number of amides is 1. The first-order valence-corrected chi connectivity index (χ1v) is 7.61. The monoisotopic (exact) mass is 330 g/mol. The predicted octanol–water partition coefficient (Wildman–Crippen LogP) is 3.16. The van der Waals surface area contributed by atoms with Crippen LogP contribution in [-0.4, -0.2) is 25.5 Å². The summed E-state index contributed by atoms with van der Waals surface area (Å²) in [7, 11) is 0. The molecule has 2 rings (SSSR count). The van der Waals surface area contributed by atoms with Gasteiger partial charge in [-0.05, 0) is 37.1 Å². The van der Waals surface area contributed by atoms with E-state index < -0.39 is 0 Å². The number of halogens is 2. The van der Waals surface area contributed by atoms with Crippen molar-refractivity contribution >= 4 is 29.9 Å². The molecule has 3 nitrogen and oxygen atoms in total. The standard InChI is InChI=1S/C16H23ClN2O.ClH/c1-16(2,13-6-3-7-14(17)9-13)11-19-15(20)12-5-4-8-18-10-12;/h3,6-7,9,12,18H,4-5,8,10-11H2,1-2H3,(H,19,20);1H. The lowest BCUT2D eigenvalue weighted by Gasteiger charge is -2.28. The number of hydrogen-bond donors (Lipinski definition) is 2. The van der Waals surface area contributed by atoms with Crippen molar-refractivity contribution in [3.8, 4) is 0 Å². The Morgan fingerprint density at radius 1 is 1.48 bits per heavy atom. The van der Waals surface area contributed by atoms with Crippen LogP contribution in [0.25, 0.3) is 0 Å². The second-order valence-corrected chi connectivity index (χ2v) is 6.59. The highest BCUT2D eigenvalue weighted by atomic mass is 35.5. The first kappa shape index (κ1) is 18.3. The number of benzene rings is 1.